The monoisotopic (exact) mass is 322 g/mol. The van der Waals surface area contributed by atoms with Crippen LogP contribution in [0.3, 0.4) is 0 Å². The minimum Gasteiger partial charge on any atom is -0.494 e. The lowest BCUT2D eigenvalue weighted by Gasteiger charge is -2.09. The van der Waals surface area contributed by atoms with E-state index in [1.807, 2.05) is 12.1 Å². The lowest BCUT2D eigenvalue weighted by molar-refractivity contribution is 0.252. The number of carbonyl (C=O) groups excluding carboxylic acids is 1. The van der Waals surface area contributed by atoms with Crippen molar-refractivity contribution in [1.29, 1.82) is 0 Å². The van der Waals surface area contributed by atoms with Gasteiger partial charge in [0.05, 0.1) is 7.11 Å². The molecule has 2 aromatic carbocycles. The lowest BCUT2D eigenvalue weighted by Crippen LogP contribution is -2.30. The summed E-state index contributed by atoms with van der Waals surface area (Å²) in [5.74, 6) is -0.393. The van der Waals surface area contributed by atoms with Gasteiger partial charge >= 0.3 is 6.03 Å². The van der Waals surface area contributed by atoms with E-state index in [0.29, 0.717) is 23.7 Å². The number of rotatable bonds is 5. The van der Waals surface area contributed by atoms with Gasteiger partial charge in [0.15, 0.2) is 11.6 Å². The third kappa shape index (κ3) is 4.63. The van der Waals surface area contributed by atoms with Crippen molar-refractivity contribution in [3.05, 3.63) is 58.9 Å². The van der Waals surface area contributed by atoms with Crippen molar-refractivity contribution in [2.24, 2.45) is 0 Å². The second-order valence-electron chi connectivity index (χ2n) is 4.61. The fourth-order valence-corrected chi connectivity index (χ4v) is 2.02. The summed E-state index contributed by atoms with van der Waals surface area (Å²) in [5.41, 5.74) is 1.43. The normalized spacial score (nSPS) is 10.1. The van der Waals surface area contributed by atoms with Gasteiger partial charge in [0, 0.05) is 23.3 Å². The summed E-state index contributed by atoms with van der Waals surface area (Å²) in [5, 5.41) is 5.95. The van der Waals surface area contributed by atoms with Crippen LogP contribution < -0.4 is 15.4 Å². The minimum atomic E-state index is -0.526. The molecule has 2 amide bonds. The van der Waals surface area contributed by atoms with Crippen molar-refractivity contribution < 1.29 is 13.9 Å². The highest BCUT2D eigenvalue weighted by molar-refractivity contribution is 6.30. The predicted molar refractivity (Wildman–Crippen MR) is 85.1 cm³/mol. The molecule has 0 saturated carbocycles. The molecule has 2 rings (SSSR count). The van der Waals surface area contributed by atoms with Gasteiger partial charge in [-0.15, -0.1) is 0 Å². The predicted octanol–water partition coefficient (Wildman–Crippen LogP) is 3.85. The average molecular weight is 323 g/mol. The topological polar surface area (TPSA) is 50.4 Å². The first-order valence-corrected chi connectivity index (χ1v) is 7.09. The Morgan fingerprint density at radius 2 is 1.95 bits per heavy atom. The number of amides is 2. The molecule has 0 radical (unpaired) electrons. The first-order valence-electron chi connectivity index (χ1n) is 6.71. The van der Waals surface area contributed by atoms with E-state index in [1.54, 1.807) is 18.2 Å². The Bertz CT molecular complexity index is 647. The van der Waals surface area contributed by atoms with E-state index in [4.69, 9.17) is 16.3 Å². The van der Waals surface area contributed by atoms with Crippen LogP contribution in [0, 0.1) is 5.82 Å². The molecule has 116 valence electrons. The molecule has 0 aliphatic heterocycles. The standard InChI is InChI=1S/C16H16ClFN2O2/c1-22-15-7-6-13(10-14(15)18)20-16(21)19-9-8-11-2-4-12(17)5-3-11/h2-7,10H,8-9H2,1H3,(H2,19,20,21). The lowest BCUT2D eigenvalue weighted by atomic mass is 10.1. The molecular formula is C16H16ClFN2O2. The highest BCUT2D eigenvalue weighted by Crippen LogP contribution is 2.20. The van der Waals surface area contributed by atoms with Crippen LogP contribution in [0.4, 0.5) is 14.9 Å². The molecule has 0 aliphatic rings. The van der Waals surface area contributed by atoms with Gasteiger partial charge in [-0.3, -0.25) is 0 Å². The molecule has 4 nitrogen and oxygen atoms in total. The fourth-order valence-electron chi connectivity index (χ4n) is 1.89. The number of benzene rings is 2. The Morgan fingerprint density at radius 1 is 1.23 bits per heavy atom. The number of ether oxygens (including phenoxy) is 1. The van der Waals surface area contributed by atoms with Crippen molar-refractivity contribution in [2.45, 2.75) is 6.42 Å². The van der Waals surface area contributed by atoms with Crippen LogP contribution in [0.1, 0.15) is 5.56 Å². The maximum absolute atomic E-state index is 13.5. The summed E-state index contributed by atoms with van der Waals surface area (Å²) >= 11 is 5.80. The summed E-state index contributed by atoms with van der Waals surface area (Å²) in [6.07, 6.45) is 0.682. The van der Waals surface area contributed by atoms with E-state index in [9.17, 15) is 9.18 Å². The Hall–Kier alpha value is -2.27. The van der Waals surface area contributed by atoms with Gasteiger partial charge in [-0.2, -0.15) is 0 Å². The Balaban J connectivity index is 1.80. The second-order valence-corrected chi connectivity index (χ2v) is 5.04. The maximum atomic E-state index is 13.5. The molecule has 0 heterocycles. The van der Waals surface area contributed by atoms with Crippen molar-refractivity contribution in [3.8, 4) is 5.75 Å². The van der Waals surface area contributed by atoms with Crippen LogP contribution in [0.25, 0.3) is 0 Å². The van der Waals surface area contributed by atoms with E-state index >= 15 is 0 Å². The first-order chi connectivity index (χ1) is 10.6. The first kappa shape index (κ1) is 16.1. The van der Waals surface area contributed by atoms with Crippen LogP contribution >= 0.6 is 11.6 Å². The molecule has 0 unspecified atom stereocenters. The van der Waals surface area contributed by atoms with Crippen LogP contribution in [0.5, 0.6) is 5.75 Å². The quantitative estimate of drug-likeness (QED) is 0.878. The van der Waals surface area contributed by atoms with Crippen LogP contribution in [0.2, 0.25) is 5.02 Å². The van der Waals surface area contributed by atoms with Gasteiger partial charge in [-0.1, -0.05) is 23.7 Å². The van der Waals surface area contributed by atoms with Crippen LogP contribution in [-0.4, -0.2) is 19.7 Å². The molecule has 0 spiro atoms. The molecule has 6 heteroatoms. The molecule has 0 aromatic heterocycles. The van der Waals surface area contributed by atoms with Crippen molar-refractivity contribution in [1.82, 2.24) is 5.32 Å². The summed E-state index contributed by atoms with van der Waals surface area (Å²) in [7, 11) is 1.38. The van der Waals surface area contributed by atoms with Gasteiger partial charge in [0.2, 0.25) is 0 Å². The summed E-state index contributed by atoms with van der Waals surface area (Å²) in [4.78, 5) is 11.7. The number of anilines is 1. The molecular weight excluding hydrogens is 307 g/mol. The Morgan fingerprint density at radius 3 is 2.59 bits per heavy atom. The minimum absolute atomic E-state index is 0.133. The van der Waals surface area contributed by atoms with Gasteiger partial charge in [-0.25, -0.2) is 9.18 Å². The van der Waals surface area contributed by atoms with Crippen LogP contribution in [-0.2, 0) is 6.42 Å². The smallest absolute Gasteiger partial charge is 0.319 e. The number of urea groups is 1. The summed E-state index contributed by atoms with van der Waals surface area (Å²) in [6, 6.07) is 11.3. The van der Waals surface area contributed by atoms with Gasteiger partial charge < -0.3 is 15.4 Å². The largest absolute Gasteiger partial charge is 0.494 e. The molecule has 0 fully saturated rings. The van der Waals surface area contributed by atoms with E-state index in [1.165, 1.54) is 19.2 Å². The summed E-state index contributed by atoms with van der Waals surface area (Å²) in [6.45, 7) is 0.464. The van der Waals surface area contributed by atoms with Crippen molar-refractivity contribution in [3.63, 3.8) is 0 Å². The molecule has 2 N–H and O–H groups in total. The fraction of sp³-hybridized carbons (Fsp3) is 0.188. The zero-order valence-electron chi connectivity index (χ0n) is 12.0. The Labute approximate surface area is 133 Å². The number of nitrogens with one attached hydrogen (secondary N) is 2. The highest BCUT2D eigenvalue weighted by atomic mass is 35.5. The molecule has 0 atom stereocenters. The van der Waals surface area contributed by atoms with Crippen LogP contribution in [0.15, 0.2) is 42.5 Å². The zero-order chi connectivity index (χ0) is 15.9. The van der Waals surface area contributed by atoms with E-state index in [0.717, 1.165) is 5.56 Å². The molecule has 0 bridgehead atoms. The SMILES string of the molecule is COc1ccc(NC(=O)NCCc2ccc(Cl)cc2)cc1F. The third-order valence-electron chi connectivity index (χ3n) is 3.02. The van der Waals surface area contributed by atoms with Crippen molar-refractivity contribution in [2.75, 3.05) is 19.0 Å². The number of carbonyl (C=O) groups is 1. The molecule has 0 saturated heterocycles. The molecule has 0 aliphatic carbocycles. The third-order valence-corrected chi connectivity index (χ3v) is 3.27. The van der Waals surface area contributed by atoms with Crippen molar-refractivity contribution >= 4 is 23.3 Å². The zero-order valence-corrected chi connectivity index (χ0v) is 12.8. The molecule has 22 heavy (non-hydrogen) atoms. The number of halogens is 2. The van der Waals surface area contributed by atoms with E-state index in [-0.39, 0.29) is 5.75 Å². The van der Waals surface area contributed by atoms with Gasteiger partial charge in [0.1, 0.15) is 0 Å². The Kier molecular flexibility index (Phi) is 5.61. The van der Waals surface area contributed by atoms with Gasteiger partial charge in [-0.05, 0) is 36.2 Å². The number of hydrogen-bond acceptors (Lipinski definition) is 2. The maximum Gasteiger partial charge on any atom is 0.319 e. The second kappa shape index (κ2) is 7.66. The molecule has 2 aromatic rings. The van der Waals surface area contributed by atoms with E-state index in [2.05, 4.69) is 10.6 Å². The van der Waals surface area contributed by atoms with E-state index < -0.39 is 11.8 Å². The van der Waals surface area contributed by atoms with Gasteiger partial charge in [0.25, 0.3) is 0 Å². The average Bonchev–Trinajstić information content (AvgIpc) is 2.49. The summed E-state index contributed by atoms with van der Waals surface area (Å²) < 4.78 is 18.3. The number of hydrogen-bond donors (Lipinski definition) is 2. The highest BCUT2D eigenvalue weighted by Gasteiger charge is 2.06. The number of methoxy groups -OCH3 is 1.